The number of hydrogen-bond donors (Lipinski definition) is 0. The third-order valence-corrected chi connectivity index (χ3v) is 3.95. The molecule has 1 aliphatic heterocycles. The molecule has 2 nitrogen and oxygen atoms in total. The fourth-order valence-corrected chi connectivity index (χ4v) is 2.95. The lowest BCUT2D eigenvalue weighted by Crippen LogP contribution is -2.09. The van der Waals surface area contributed by atoms with E-state index in [9.17, 15) is 4.39 Å². The third-order valence-electron chi connectivity index (χ3n) is 3.95. The Hall–Kier alpha value is -2.29. The van der Waals surface area contributed by atoms with Crippen LogP contribution in [0.5, 0.6) is 5.75 Å². The molecular formula is C17H14FNO. The minimum atomic E-state index is -0.190. The first-order valence-electron chi connectivity index (χ1n) is 6.77. The molecule has 0 spiro atoms. The van der Waals surface area contributed by atoms with Crippen molar-refractivity contribution in [1.29, 1.82) is 0 Å². The molecule has 1 atom stereocenters. The second-order valence-electron chi connectivity index (χ2n) is 5.22. The summed E-state index contributed by atoms with van der Waals surface area (Å²) < 4.78 is 21.1. The smallest absolute Gasteiger partial charge is 0.123 e. The topological polar surface area (TPSA) is 14.2 Å². The van der Waals surface area contributed by atoms with Crippen LogP contribution < -0.4 is 4.74 Å². The molecule has 100 valence electrons. The molecule has 0 amide bonds. The van der Waals surface area contributed by atoms with E-state index in [4.69, 9.17) is 4.74 Å². The second-order valence-corrected chi connectivity index (χ2v) is 5.22. The van der Waals surface area contributed by atoms with Crippen LogP contribution in [0.3, 0.4) is 0 Å². The van der Waals surface area contributed by atoms with Gasteiger partial charge in [-0.3, -0.25) is 0 Å². The third kappa shape index (κ3) is 1.78. The summed E-state index contributed by atoms with van der Waals surface area (Å²) in [4.78, 5) is 0. The Labute approximate surface area is 116 Å². The molecule has 3 aromatic rings. The number of para-hydroxylation sites is 1. The first-order valence-corrected chi connectivity index (χ1v) is 6.77. The molecule has 20 heavy (non-hydrogen) atoms. The van der Waals surface area contributed by atoms with E-state index >= 15 is 0 Å². The molecular weight excluding hydrogens is 253 g/mol. The molecule has 2 aromatic carbocycles. The van der Waals surface area contributed by atoms with Crippen molar-refractivity contribution in [2.24, 2.45) is 0 Å². The quantitative estimate of drug-likeness (QED) is 0.685. The average molecular weight is 267 g/mol. The number of nitrogens with zero attached hydrogens (tertiary/aromatic N) is 1. The highest BCUT2D eigenvalue weighted by molar-refractivity contribution is 5.80. The summed E-state index contributed by atoms with van der Waals surface area (Å²) in [5, 5.41) is 0.942. The number of benzene rings is 2. The van der Waals surface area contributed by atoms with Crippen molar-refractivity contribution in [3.05, 3.63) is 66.1 Å². The zero-order valence-corrected chi connectivity index (χ0v) is 10.9. The van der Waals surface area contributed by atoms with Gasteiger partial charge in [-0.15, -0.1) is 0 Å². The summed E-state index contributed by atoms with van der Waals surface area (Å²) in [6.07, 6.45) is 2.02. The first kappa shape index (κ1) is 11.5. The number of halogens is 1. The number of ether oxygens (including phenoxy) is 1. The van der Waals surface area contributed by atoms with Gasteiger partial charge in [0.25, 0.3) is 0 Å². The van der Waals surface area contributed by atoms with Crippen molar-refractivity contribution < 1.29 is 9.13 Å². The van der Waals surface area contributed by atoms with E-state index in [-0.39, 0.29) is 5.82 Å². The summed E-state index contributed by atoms with van der Waals surface area (Å²) in [5.41, 5.74) is 2.33. The van der Waals surface area contributed by atoms with E-state index < -0.39 is 0 Å². The van der Waals surface area contributed by atoms with Crippen LogP contribution in [0.1, 0.15) is 11.5 Å². The van der Waals surface area contributed by atoms with E-state index in [1.54, 1.807) is 6.07 Å². The lowest BCUT2D eigenvalue weighted by molar-refractivity contribution is 0.320. The maximum absolute atomic E-state index is 13.2. The van der Waals surface area contributed by atoms with E-state index in [1.807, 2.05) is 36.5 Å². The lowest BCUT2D eigenvalue weighted by Gasteiger charge is -2.11. The van der Waals surface area contributed by atoms with Crippen molar-refractivity contribution in [3.8, 4) is 5.75 Å². The SMILES string of the molecule is Fc1ccc2c(ccn2CC2COc3ccccc32)c1. The van der Waals surface area contributed by atoms with E-state index in [0.29, 0.717) is 12.5 Å². The largest absolute Gasteiger partial charge is 0.493 e. The predicted molar refractivity (Wildman–Crippen MR) is 76.6 cm³/mol. The van der Waals surface area contributed by atoms with Crippen LogP contribution in [0.4, 0.5) is 4.39 Å². The van der Waals surface area contributed by atoms with Gasteiger partial charge in [-0.05, 0) is 30.3 Å². The highest BCUT2D eigenvalue weighted by atomic mass is 19.1. The Morgan fingerprint density at radius 2 is 2.05 bits per heavy atom. The summed E-state index contributed by atoms with van der Waals surface area (Å²) in [7, 11) is 0. The molecule has 0 fully saturated rings. The normalized spacial score (nSPS) is 17.1. The van der Waals surface area contributed by atoms with Gasteiger partial charge < -0.3 is 9.30 Å². The molecule has 0 saturated heterocycles. The van der Waals surface area contributed by atoms with Gasteiger partial charge in [0, 0.05) is 35.1 Å². The van der Waals surface area contributed by atoms with Gasteiger partial charge in [0.1, 0.15) is 11.6 Å². The van der Waals surface area contributed by atoms with Crippen LogP contribution in [-0.2, 0) is 6.54 Å². The standard InChI is InChI=1S/C17H14FNO/c18-14-5-6-16-12(9-14)7-8-19(16)10-13-11-20-17-4-2-1-3-15(13)17/h1-9,13H,10-11H2. The fraction of sp³-hybridized carbons (Fsp3) is 0.176. The molecule has 0 radical (unpaired) electrons. The second kappa shape index (κ2) is 4.37. The van der Waals surface area contributed by atoms with Gasteiger partial charge in [0.2, 0.25) is 0 Å². The molecule has 1 aliphatic rings. The van der Waals surface area contributed by atoms with Crippen molar-refractivity contribution in [2.45, 2.75) is 12.5 Å². The van der Waals surface area contributed by atoms with Crippen LogP contribution in [-0.4, -0.2) is 11.2 Å². The highest BCUT2D eigenvalue weighted by Gasteiger charge is 2.24. The first-order chi connectivity index (χ1) is 9.81. The molecule has 0 aliphatic carbocycles. The Balaban J connectivity index is 1.69. The van der Waals surface area contributed by atoms with Gasteiger partial charge in [0.15, 0.2) is 0 Å². The number of aromatic nitrogens is 1. The summed E-state index contributed by atoms with van der Waals surface area (Å²) >= 11 is 0. The summed E-state index contributed by atoms with van der Waals surface area (Å²) in [6, 6.07) is 15.1. The predicted octanol–water partition coefficient (Wildman–Crippen LogP) is 3.96. The van der Waals surface area contributed by atoms with E-state index in [2.05, 4.69) is 10.6 Å². The van der Waals surface area contributed by atoms with Crippen molar-refractivity contribution >= 4 is 10.9 Å². The van der Waals surface area contributed by atoms with E-state index in [1.165, 1.54) is 11.6 Å². The van der Waals surface area contributed by atoms with Crippen LogP contribution in [0, 0.1) is 5.82 Å². The Bertz CT molecular complexity index is 778. The zero-order valence-electron chi connectivity index (χ0n) is 10.9. The average Bonchev–Trinajstić information content (AvgIpc) is 3.04. The Morgan fingerprint density at radius 1 is 1.15 bits per heavy atom. The molecule has 2 heterocycles. The molecule has 1 aromatic heterocycles. The molecule has 3 heteroatoms. The minimum absolute atomic E-state index is 0.190. The maximum Gasteiger partial charge on any atom is 0.123 e. The van der Waals surface area contributed by atoms with Crippen LogP contribution in [0.25, 0.3) is 10.9 Å². The summed E-state index contributed by atoms with van der Waals surface area (Å²) in [5.74, 6) is 1.15. The van der Waals surface area contributed by atoms with Gasteiger partial charge in [-0.1, -0.05) is 18.2 Å². The van der Waals surface area contributed by atoms with Crippen molar-refractivity contribution in [1.82, 2.24) is 4.57 Å². The molecule has 0 N–H and O–H groups in total. The molecule has 0 saturated carbocycles. The Kier molecular flexibility index (Phi) is 2.52. The highest BCUT2D eigenvalue weighted by Crippen LogP contribution is 2.35. The Morgan fingerprint density at radius 3 is 3.00 bits per heavy atom. The fourth-order valence-electron chi connectivity index (χ4n) is 2.95. The zero-order chi connectivity index (χ0) is 13.5. The van der Waals surface area contributed by atoms with Gasteiger partial charge in [-0.2, -0.15) is 0 Å². The number of fused-ring (bicyclic) bond motifs is 2. The van der Waals surface area contributed by atoms with Crippen LogP contribution in [0.15, 0.2) is 54.7 Å². The van der Waals surface area contributed by atoms with E-state index in [0.717, 1.165) is 23.2 Å². The van der Waals surface area contributed by atoms with Gasteiger partial charge in [0.05, 0.1) is 6.61 Å². The van der Waals surface area contributed by atoms with Gasteiger partial charge >= 0.3 is 0 Å². The van der Waals surface area contributed by atoms with Crippen LogP contribution >= 0.6 is 0 Å². The van der Waals surface area contributed by atoms with Crippen LogP contribution in [0.2, 0.25) is 0 Å². The summed E-state index contributed by atoms with van der Waals surface area (Å²) in [6.45, 7) is 1.56. The molecule has 0 bridgehead atoms. The monoisotopic (exact) mass is 267 g/mol. The maximum atomic E-state index is 13.2. The van der Waals surface area contributed by atoms with Gasteiger partial charge in [-0.25, -0.2) is 4.39 Å². The number of rotatable bonds is 2. The minimum Gasteiger partial charge on any atom is -0.493 e. The number of hydrogen-bond acceptors (Lipinski definition) is 1. The van der Waals surface area contributed by atoms with Crippen molar-refractivity contribution in [3.63, 3.8) is 0 Å². The molecule has 1 unspecified atom stereocenters. The van der Waals surface area contributed by atoms with Crippen molar-refractivity contribution in [2.75, 3.05) is 6.61 Å². The lowest BCUT2D eigenvalue weighted by atomic mass is 10.0. The molecule has 4 rings (SSSR count).